The Hall–Kier alpha value is -2.66. The van der Waals surface area contributed by atoms with Crippen LogP contribution in [-0.4, -0.2) is 26.1 Å². The third-order valence-electron chi connectivity index (χ3n) is 3.05. The van der Waals surface area contributed by atoms with Gasteiger partial charge in [-0.2, -0.15) is 0 Å². The van der Waals surface area contributed by atoms with Gasteiger partial charge in [0.15, 0.2) is 0 Å². The van der Waals surface area contributed by atoms with E-state index in [0.29, 0.717) is 5.02 Å². The van der Waals surface area contributed by atoms with E-state index in [-0.39, 0.29) is 5.56 Å². The Morgan fingerprint density at radius 2 is 1.71 bits per heavy atom. The lowest BCUT2D eigenvalue weighted by molar-refractivity contribution is 0.0697. The van der Waals surface area contributed by atoms with Gasteiger partial charge < -0.3 is 5.11 Å². The lowest BCUT2D eigenvalue weighted by Gasteiger charge is -2.06. The zero-order chi connectivity index (χ0) is 14.8. The molecule has 0 aliphatic rings. The van der Waals surface area contributed by atoms with Crippen LogP contribution in [0.2, 0.25) is 5.02 Å². The number of benzene rings is 2. The minimum absolute atomic E-state index is 0.229. The normalized spacial score (nSPS) is 10.5. The zero-order valence-corrected chi connectivity index (χ0v) is 11.5. The van der Waals surface area contributed by atoms with E-state index in [9.17, 15) is 4.79 Å². The van der Waals surface area contributed by atoms with Gasteiger partial charge in [0.1, 0.15) is 0 Å². The molecule has 6 heteroatoms. The molecule has 21 heavy (non-hydrogen) atoms. The second kappa shape index (κ2) is 5.38. The van der Waals surface area contributed by atoms with Crippen LogP contribution >= 0.6 is 11.6 Å². The number of carboxylic acid groups (broad SMARTS) is 1. The molecule has 3 rings (SSSR count). The highest BCUT2D eigenvalue weighted by Gasteiger charge is 2.09. The predicted molar refractivity (Wildman–Crippen MR) is 78.8 cm³/mol. The summed E-state index contributed by atoms with van der Waals surface area (Å²) in [5.41, 5.74) is 2.69. The maximum atomic E-state index is 10.9. The number of nitrogens with zero attached hydrogens (tertiary/aromatic N) is 3. The van der Waals surface area contributed by atoms with Gasteiger partial charge in [-0.3, -0.25) is 0 Å². The van der Waals surface area contributed by atoms with Gasteiger partial charge in [0, 0.05) is 10.6 Å². The van der Waals surface area contributed by atoms with Crippen molar-refractivity contribution >= 4 is 17.6 Å². The molecule has 5 nitrogen and oxygen atoms in total. The highest BCUT2D eigenvalue weighted by Crippen LogP contribution is 2.23. The number of hydrogen-bond donors (Lipinski definition) is 1. The average molecular weight is 300 g/mol. The molecule has 0 spiro atoms. The highest BCUT2D eigenvalue weighted by atomic mass is 35.5. The van der Waals surface area contributed by atoms with Crippen molar-refractivity contribution in [3.8, 4) is 16.9 Å². The number of aromatic nitrogens is 3. The van der Waals surface area contributed by atoms with E-state index in [1.54, 1.807) is 35.1 Å². The van der Waals surface area contributed by atoms with Crippen LogP contribution in [-0.2, 0) is 0 Å². The Balaban J connectivity index is 2.02. The Kier molecular flexibility index (Phi) is 3.41. The molecule has 0 radical (unpaired) electrons. The first-order valence-electron chi connectivity index (χ1n) is 6.15. The first-order valence-corrected chi connectivity index (χ1v) is 6.53. The molecular formula is C15H10ClN3O2. The van der Waals surface area contributed by atoms with Gasteiger partial charge in [-0.15, -0.1) is 5.10 Å². The summed E-state index contributed by atoms with van der Waals surface area (Å²) in [4.78, 5) is 10.9. The SMILES string of the molecule is O=C(O)c1ccc(-n2nncc2-c2ccc(Cl)cc2)cc1. The average Bonchev–Trinajstić information content (AvgIpc) is 2.97. The maximum absolute atomic E-state index is 10.9. The van der Waals surface area contributed by atoms with E-state index in [1.807, 2.05) is 12.1 Å². The topological polar surface area (TPSA) is 68.0 Å². The van der Waals surface area contributed by atoms with Crippen molar-refractivity contribution < 1.29 is 9.90 Å². The summed E-state index contributed by atoms with van der Waals surface area (Å²) in [6, 6.07) is 13.8. The zero-order valence-electron chi connectivity index (χ0n) is 10.8. The number of hydrogen-bond acceptors (Lipinski definition) is 3. The van der Waals surface area contributed by atoms with E-state index in [0.717, 1.165) is 16.9 Å². The molecule has 104 valence electrons. The molecule has 0 unspecified atom stereocenters. The van der Waals surface area contributed by atoms with E-state index in [4.69, 9.17) is 16.7 Å². The van der Waals surface area contributed by atoms with Crippen molar-refractivity contribution in [2.75, 3.05) is 0 Å². The summed E-state index contributed by atoms with van der Waals surface area (Å²) in [5, 5.41) is 17.5. The van der Waals surface area contributed by atoms with Crippen LogP contribution in [0.25, 0.3) is 16.9 Å². The fourth-order valence-corrected chi connectivity index (χ4v) is 2.11. The van der Waals surface area contributed by atoms with Crippen LogP contribution < -0.4 is 0 Å². The molecular weight excluding hydrogens is 290 g/mol. The van der Waals surface area contributed by atoms with Gasteiger partial charge in [-0.05, 0) is 36.4 Å². The minimum atomic E-state index is -0.960. The Labute approximate surface area is 125 Å². The molecule has 2 aromatic carbocycles. The van der Waals surface area contributed by atoms with Crippen molar-refractivity contribution in [1.82, 2.24) is 15.0 Å². The monoisotopic (exact) mass is 299 g/mol. The smallest absolute Gasteiger partial charge is 0.335 e. The predicted octanol–water partition coefficient (Wildman–Crippen LogP) is 3.29. The molecule has 1 N–H and O–H groups in total. The third-order valence-corrected chi connectivity index (χ3v) is 3.30. The van der Waals surface area contributed by atoms with Crippen LogP contribution in [0, 0.1) is 0 Å². The van der Waals surface area contributed by atoms with Crippen molar-refractivity contribution in [2.24, 2.45) is 0 Å². The number of rotatable bonds is 3. The maximum Gasteiger partial charge on any atom is 0.335 e. The molecule has 0 fully saturated rings. The third kappa shape index (κ3) is 2.64. The van der Waals surface area contributed by atoms with Crippen molar-refractivity contribution in [3.05, 3.63) is 65.3 Å². The standard InChI is InChI=1S/C15H10ClN3O2/c16-12-5-1-10(2-6-12)14-9-17-18-19(14)13-7-3-11(4-8-13)15(20)21/h1-9H,(H,20,21). The van der Waals surface area contributed by atoms with Crippen LogP contribution in [0.1, 0.15) is 10.4 Å². The van der Waals surface area contributed by atoms with Gasteiger partial charge in [0.2, 0.25) is 0 Å². The van der Waals surface area contributed by atoms with Crippen molar-refractivity contribution in [1.29, 1.82) is 0 Å². The van der Waals surface area contributed by atoms with Crippen LogP contribution in [0.5, 0.6) is 0 Å². The molecule has 1 aromatic heterocycles. The lowest BCUT2D eigenvalue weighted by atomic mass is 10.1. The van der Waals surface area contributed by atoms with E-state index in [2.05, 4.69) is 10.3 Å². The molecule has 0 aliphatic heterocycles. The Bertz CT molecular complexity index is 779. The summed E-state index contributed by atoms with van der Waals surface area (Å²) in [6.45, 7) is 0. The largest absolute Gasteiger partial charge is 0.478 e. The Morgan fingerprint density at radius 3 is 2.33 bits per heavy atom. The molecule has 0 bridgehead atoms. The Morgan fingerprint density at radius 1 is 1.05 bits per heavy atom. The van der Waals surface area contributed by atoms with Crippen LogP contribution in [0.15, 0.2) is 54.7 Å². The second-order valence-corrected chi connectivity index (χ2v) is 4.83. The number of carboxylic acids is 1. The van der Waals surface area contributed by atoms with E-state index >= 15 is 0 Å². The van der Waals surface area contributed by atoms with Crippen LogP contribution in [0.4, 0.5) is 0 Å². The van der Waals surface area contributed by atoms with E-state index < -0.39 is 5.97 Å². The molecule has 1 heterocycles. The summed E-state index contributed by atoms with van der Waals surface area (Å²) in [7, 11) is 0. The fourth-order valence-electron chi connectivity index (χ4n) is 1.99. The minimum Gasteiger partial charge on any atom is -0.478 e. The van der Waals surface area contributed by atoms with Crippen molar-refractivity contribution in [3.63, 3.8) is 0 Å². The number of aromatic carboxylic acids is 1. The first-order chi connectivity index (χ1) is 10.1. The number of carbonyl (C=O) groups is 1. The lowest BCUT2D eigenvalue weighted by Crippen LogP contribution is -2.01. The second-order valence-electron chi connectivity index (χ2n) is 4.39. The molecule has 0 saturated heterocycles. The molecule has 0 aliphatic carbocycles. The first kappa shape index (κ1) is 13.3. The van der Waals surface area contributed by atoms with Crippen molar-refractivity contribution in [2.45, 2.75) is 0 Å². The summed E-state index contributed by atoms with van der Waals surface area (Å²) in [6.07, 6.45) is 1.65. The highest BCUT2D eigenvalue weighted by molar-refractivity contribution is 6.30. The quantitative estimate of drug-likeness (QED) is 0.806. The molecule has 0 saturated carbocycles. The van der Waals surface area contributed by atoms with E-state index in [1.165, 1.54) is 12.1 Å². The summed E-state index contributed by atoms with van der Waals surface area (Å²) in [5.74, 6) is -0.960. The van der Waals surface area contributed by atoms with Gasteiger partial charge in [-0.1, -0.05) is 28.9 Å². The van der Waals surface area contributed by atoms with Gasteiger partial charge in [-0.25, -0.2) is 9.48 Å². The molecule has 0 amide bonds. The molecule has 3 aromatic rings. The summed E-state index contributed by atoms with van der Waals surface area (Å²) >= 11 is 5.88. The molecule has 0 atom stereocenters. The number of halogens is 1. The van der Waals surface area contributed by atoms with Gasteiger partial charge in [0.25, 0.3) is 0 Å². The van der Waals surface area contributed by atoms with Gasteiger partial charge in [0.05, 0.1) is 23.1 Å². The van der Waals surface area contributed by atoms with Crippen LogP contribution in [0.3, 0.4) is 0 Å². The van der Waals surface area contributed by atoms with Gasteiger partial charge >= 0.3 is 5.97 Å². The summed E-state index contributed by atoms with van der Waals surface area (Å²) < 4.78 is 1.65. The fraction of sp³-hybridized carbons (Fsp3) is 0.